The molecule has 4 N–H and O–H groups in total. The third kappa shape index (κ3) is 3.18. The summed E-state index contributed by atoms with van der Waals surface area (Å²) in [6.07, 6.45) is 0. The summed E-state index contributed by atoms with van der Waals surface area (Å²) in [4.78, 5) is 28.3. The number of carbonyl (C=O) groups is 2. The zero-order valence-corrected chi connectivity index (χ0v) is 11.1. The monoisotopic (exact) mass is 307 g/mol. The molecule has 8 heteroatoms. The fraction of sp³-hybridized carbons (Fsp3) is 0. The van der Waals surface area contributed by atoms with E-state index >= 15 is 0 Å². The molecule has 22 heavy (non-hydrogen) atoms. The van der Waals surface area contributed by atoms with Crippen LogP contribution in [0.5, 0.6) is 0 Å². The summed E-state index contributed by atoms with van der Waals surface area (Å²) in [6.45, 7) is 0. The smallest absolute Gasteiger partial charge is 0.367 e. The summed E-state index contributed by atoms with van der Waals surface area (Å²) in [5.74, 6) is 1.16. The molecule has 1 amide bonds. The van der Waals surface area contributed by atoms with Gasteiger partial charge in [-0.15, -0.1) is 0 Å². The van der Waals surface area contributed by atoms with Gasteiger partial charge in [-0.2, -0.15) is 0 Å². The molecule has 2 rings (SSSR count). The Labute approximate surface area is 123 Å². The average Bonchev–Trinajstić information content (AvgIpc) is 2.46. The van der Waals surface area contributed by atoms with E-state index in [0.29, 0.717) is 6.07 Å². The van der Waals surface area contributed by atoms with Crippen LogP contribution in [0.2, 0.25) is 0 Å². The molecule has 0 heterocycles. The number of carbonyl (C=O) groups excluding carboxylic acids is 2. The minimum absolute atomic E-state index is 0.00896. The second-order valence-electron chi connectivity index (χ2n) is 4.22. The van der Waals surface area contributed by atoms with E-state index in [4.69, 9.17) is 11.6 Å². The van der Waals surface area contributed by atoms with Crippen LogP contribution in [0.3, 0.4) is 0 Å². The molecule has 0 spiro atoms. The van der Waals surface area contributed by atoms with Gasteiger partial charge in [0.15, 0.2) is 0 Å². The molecular formula is C14H11F2N3O3. The molecule has 0 fully saturated rings. The summed E-state index contributed by atoms with van der Waals surface area (Å²) in [7, 11) is 0. The summed E-state index contributed by atoms with van der Waals surface area (Å²) in [5.41, 5.74) is 5.15. The Bertz CT molecular complexity index is 737. The van der Waals surface area contributed by atoms with Gasteiger partial charge in [-0.05, 0) is 24.3 Å². The highest BCUT2D eigenvalue weighted by Crippen LogP contribution is 2.14. The molecule has 0 unspecified atom stereocenters. The minimum atomic E-state index is -1.15. The molecule has 114 valence electrons. The quantitative estimate of drug-likeness (QED) is 0.380. The first-order valence-corrected chi connectivity index (χ1v) is 6.01. The van der Waals surface area contributed by atoms with Gasteiger partial charge in [-0.1, -0.05) is 17.3 Å². The van der Waals surface area contributed by atoms with E-state index in [0.717, 1.165) is 12.1 Å². The van der Waals surface area contributed by atoms with Crippen molar-refractivity contribution in [2.24, 2.45) is 5.84 Å². The fourth-order valence-electron chi connectivity index (χ4n) is 1.64. The van der Waals surface area contributed by atoms with Gasteiger partial charge in [0.1, 0.15) is 11.6 Å². The highest BCUT2D eigenvalue weighted by Gasteiger charge is 2.22. The first-order valence-electron chi connectivity index (χ1n) is 6.01. The lowest BCUT2D eigenvalue weighted by molar-refractivity contribution is -0.0830. The van der Waals surface area contributed by atoms with Crippen molar-refractivity contribution in [2.75, 3.05) is 5.73 Å². The molecule has 6 nitrogen and oxygen atoms in total. The lowest BCUT2D eigenvalue weighted by atomic mass is 10.2. The van der Waals surface area contributed by atoms with Crippen molar-refractivity contribution in [3.63, 3.8) is 0 Å². The van der Waals surface area contributed by atoms with Crippen LogP contribution in [-0.2, 0) is 4.84 Å². The number of nitrogens with two attached hydrogens (primary N) is 2. The predicted molar refractivity (Wildman–Crippen MR) is 73.0 cm³/mol. The van der Waals surface area contributed by atoms with Crippen LogP contribution in [-0.4, -0.2) is 17.0 Å². The molecule has 0 aliphatic heterocycles. The maximum atomic E-state index is 13.5. The normalized spacial score (nSPS) is 10.1. The van der Waals surface area contributed by atoms with Crippen molar-refractivity contribution in [2.45, 2.75) is 0 Å². The van der Waals surface area contributed by atoms with Gasteiger partial charge in [-0.25, -0.2) is 19.4 Å². The van der Waals surface area contributed by atoms with Gasteiger partial charge in [0.2, 0.25) is 0 Å². The van der Waals surface area contributed by atoms with Crippen molar-refractivity contribution in [3.8, 4) is 0 Å². The molecule has 0 radical (unpaired) electrons. The second kappa shape index (κ2) is 6.19. The summed E-state index contributed by atoms with van der Waals surface area (Å²) in [5, 5.41) is 0.0606. The van der Waals surface area contributed by atoms with Gasteiger partial charge in [0, 0.05) is 11.8 Å². The Hall–Kier alpha value is -3.00. The van der Waals surface area contributed by atoms with Crippen LogP contribution < -0.4 is 11.6 Å². The molecule has 0 saturated carbocycles. The zero-order valence-electron chi connectivity index (χ0n) is 11.1. The van der Waals surface area contributed by atoms with Crippen LogP contribution in [0.1, 0.15) is 20.7 Å². The van der Waals surface area contributed by atoms with Crippen molar-refractivity contribution < 1.29 is 23.2 Å². The van der Waals surface area contributed by atoms with Gasteiger partial charge in [0.25, 0.3) is 0 Å². The molecule has 2 aromatic rings. The number of halogens is 2. The van der Waals surface area contributed by atoms with Gasteiger partial charge in [0.05, 0.1) is 11.1 Å². The molecule has 0 atom stereocenters. The molecule has 0 aromatic heterocycles. The number of nitrogen functional groups attached to an aromatic ring is 1. The summed E-state index contributed by atoms with van der Waals surface area (Å²) in [6, 6.07) is 8.24. The average molecular weight is 307 g/mol. The number of rotatable bonds is 2. The summed E-state index contributed by atoms with van der Waals surface area (Å²) >= 11 is 0. The molecular weight excluding hydrogens is 296 g/mol. The number of nitrogens with zero attached hydrogens (tertiary/aromatic N) is 1. The van der Waals surface area contributed by atoms with Crippen molar-refractivity contribution >= 4 is 17.6 Å². The van der Waals surface area contributed by atoms with E-state index in [-0.39, 0.29) is 16.4 Å². The van der Waals surface area contributed by atoms with Crippen LogP contribution in [0.4, 0.5) is 14.5 Å². The summed E-state index contributed by atoms with van der Waals surface area (Å²) < 4.78 is 26.3. The van der Waals surface area contributed by atoms with E-state index in [1.54, 1.807) is 6.07 Å². The number of anilines is 1. The first kappa shape index (κ1) is 15.4. The number of hydrogen-bond acceptors (Lipinski definition) is 5. The number of para-hydroxylation sites is 1. The topological polar surface area (TPSA) is 98.7 Å². The number of hydrazine groups is 1. The molecule has 2 aromatic carbocycles. The maximum absolute atomic E-state index is 13.5. The third-order valence-electron chi connectivity index (χ3n) is 2.72. The molecule has 0 bridgehead atoms. The SMILES string of the molecule is Nc1ccccc1C(=O)ON(N)C(=O)c1ccc(F)cc1F. The van der Waals surface area contributed by atoms with Gasteiger partial charge >= 0.3 is 11.9 Å². The predicted octanol–water partition coefficient (Wildman–Crippen LogP) is 1.63. The van der Waals surface area contributed by atoms with Crippen molar-refractivity contribution in [1.29, 1.82) is 0 Å². The highest BCUT2D eigenvalue weighted by atomic mass is 19.1. The highest BCUT2D eigenvalue weighted by molar-refractivity contribution is 5.98. The van der Waals surface area contributed by atoms with E-state index in [9.17, 15) is 18.4 Å². The molecule has 0 saturated heterocycles. The Balaban J connectivity index is 2.15. The Morgan fingerprint density at radius 3 is 2.36 bits per heavy atom. The first-order chi connectivity index (χ1) is 10.4. The number of hydroxylamine groups is 1. The maximum Gasteiger partial charge on any atom is 0.367 e. The van der Waals surface area contributed by atoms with Gasteiger partial charge in [-0.3, -0.25) is 4.79 Å². The number of benzene rings is 2. The second-order valence-corrected chi connectivity index (χ2v) is 4.22. The Morgan fingerprint density at radius 2 is 1.73 bits per heavy atom. The van der Waals surface area contributed by atoms with Crippen molar-refractivity contribution in [3.05, 3.63) is 65.2 Å². The number of hydrogen-bond donors (Lipinski definition) is 2. The van der Waals surface area contributed by atoms with E-state index in [2.05, 4.69) is 4.84 Å². The lowest BCUT2D eigenvalue weighted by Crippen LogP contribution is -2.39. The van der Waals surface area contributed by atoms with Crippen LogP contribution in [0.15, 0.2) is 42.5 Å². The van der Waals surface area contributed by atoms with Crippen LogP contribution >= 0.6 is 0 Å². The standard InChI is InChI=1S/C14H11F2N3O3/c15-8-5-6-9(11(16)7-8)13(20)19(18)22-14(21)10-3-1-2-4-12(10)17/h1-7H,17-18H2. The molecule has 0 aliphatic rings. The minimum Gasteiger partial charge on any atom is -0.398 e. The third-order valence-corrected chi connectivity index (χ3v) is 2.72. The Kier molecular flexibility index (Phi) is 4.33. The van der Waals surface area contributed by atoms with Crippen LogP contribution in [0.25, 0.3) is 0 Å². The fourth-order valence-corrected chi connectivity index (χ4v) is 1.64. The van der Waals surface area contributed by atoms with E-state index < -0.39 is 29.1 Å². The molecule has 0 aliphatic carbocycles. The van der Waals surface area contributed by atoms with Gasteiger partial charge < -0.3 is 10.6 Å². The Morgan fingerprint density at radius 1 is 1.05 bits per heavy atom. The van der Waals surface area contributed by atoms with E-state index in [1.165, 1.54) is 18.2 Å². The largest absolute Gasteiger partial charge is 0.398 e. The zero-order chi connectivity index (χ0) is 16.3. The van der Waals surface area contributed by atoms with E-state index in [1.807, 2.05) is 0 Å². The number of amides is 1. The van der Waals surface area contributed by atoms with Crippen LogP contribution in [0, 0.1) is 11.6 Å². The van der Waals surface area contributed by atoms with Crippen molar-refractivity contribution in [1.82, 2.24) is 5.17 Å². The lowest BCUT2D eigenvalue weighted by Gasteiger charge is -2.16.